The Bertz CT molecular complexity index is 666. The number of hydroxylamine groups is 2. The van der Waals surface area contributed by atoms with Crippen LogP contribution in [0.5, 0.6) is 0 Å². The van der Waals surface area contributed by atoms with Crippen LogP contribution in [0.25, 0.3) is 10.9 Å². The van der Waals surface area contributed by atoms with Crippen molar-refractivity contribution in [3.63, 3.8) is 0 Å². The molecule has 0 spiro atoms. The number of nitrogens with zero attached hydrogens (tertiary/aromatic N) is 3. The number of benzene rings is 1. The highest BCUT2D eigenvalue weighted by Crippen LogP contribution is 2.22. The zero-order valence-corrected chi connectivity index (χ0v) is 13.3. The van der Waals surface area contributed by atoms with Crippen LogP contribution in [0.1, 0.15) is 20.8 Å². The molecule has 1 aliphatic heterocycles. The molecule has 0 aliphatic carbocycles. The van der Waals surface area contributed by atoms with Gasteiger partial charge in [0.25, 0.3) is 0 Å². The number of piperazine rings is 1. The van der Waals surface area contributed by atoms with Crippen molar-refractivity contribution < 1.29 is 9.63 Å². The van der Waals surface area contributed by atoms with E-state index in [0.29, 0.717) is 13.1 Å². The highest BCUT2D eigenvalue weighted by atomic mass is 16.7. The Morgan fingerprint density at radius 3 is 2.64 bits per heavy atom. The molecule has 3 rings (SSSR count). The first-order valence-electron chi connectivity index (χ1n) is 7.59. The van der Waals surface area contributed by atoms with E-state index in [-0.39, 0.29) is 5.97 Å². The second-order valence-electron chi connectivity index (χ2n) is 6.69. The molecule has 1 aromatic carbocycles. The Balaban J connectivity index is 1.60. The Morgan fingerprint density at radius 1 is 1.23 bits per heavy atom. The van der Waals surface area contributed by atoms with Gasteiger partial charge in [0, 0.05) is 24.2 Å². The molecule has 1 N–H and O–H groups in total. The largest absolute Gasteiger partial charge is 0.369 e. The maximum Gasteiger partial charge on any atom is 0.330 e. The van der Waals surface area contributed by atoms with Crippen molar-refractivity contribution in [3.05, 3.63) is 24.4 Å². The summed E-state index contributed by atoms with van der Waals surface area (Å²) in [6.45, 7) is 8.70. The van der Waals surface area contributed by atoms with E-state index in [2.05, 4.69) is 27.2 Å². The van der Waals surface area contributed by atoms with Crippen LogP contribution >= 0.6 is 0 Å². The van der Waals surface area contributed by atoms with Gasteiger partial charge in [-0.15, -0.1) is 5.06 Å². The standard InChI is InChI=1S/C16H22N4O2/c1-16(2,3)15(21)22-20-8-6-19(7-9-20)13-4-5-14-12(10-13)11-17-18-14/h4-5,10-11H,6-9H2,1-3H3,(H,17,18). The Labute approximate surface area is 130 Å². The molecule has 0 radical (unpaired) electrons. The van der Waals surface area contributed by atoms with E-state index in [1.54, 1.807) is 5.06 Å². The molecule has 1 aromatic heterocycles. The molecule has 2 aromatic rings. The second-order valence-corrected chi connectivity index (χ2v) is 6.69. The third-order valence-corrected chi connectivity index (χ3v) is 3.85. The van der Waals surface area contributed by atoms with E-state index in [1.165, 1.54) is 5.69 Å². The molecule has 0 amide bonds. The molecule has 0 bridgehead atoms. The minimum atomic E-state index is -0.469. The quantitative estimate of drug-likeness (QED) is 0.921. The summed E-state index contributed by atoms with van der Waals surface area (Å²) >= 11 is 0. The van der Waals surface area contributed by atoms with Crippen molar-refractivity contribution in [3.8, 4) is 0 Å². The van der Waals surface area contributed by atoms with E-state index in [1.807, 2.05) is 33.0 Å². The summed E-state index contributed by atoms with van der Waals surface area (Å²) in [4.78, 5) is 19.7. The molecule has 1 fully saturated rings. The lowest BCUT2D eigenvalue weighted by Gasteiger charge is -2.35. The fourth-order valence-corrected chi connectivity index (χ4v) is 2.42. The zero-order valence-electron chi connectivity index (χ0n) is 13.3. The van der Waals surface area contributed by atoms with Crippen molar-refractivity contribution in [2.75, 3.05) is 31.1 Å². The second kappa shape index (κ2) is 5.61. The molecule has 0 saturated carbocycles. The van der Waals surface area contributed by atoms with Gasteiger partial charge in [-0.25, -0.2) is 4.79 Å². The van der Waals surface area contributed by atoms with Gasteiger partial charge < -0.3 is 9.74 Å². The minimum absolute atomic E-state index is 0.180. The van der Waals surface area contributed by atoms with Crippen LogP contribution in [0, 0.1) is 5.41 Å². The van der Waals surface area contributed by atoms with Gasteiger partial charge in [0.15, 0.2) is 0 Å². The van der Waals surface area contributed by atoms with E-state index in [9.17, 15) is 4.79 Å². The lowest BCUT2D eigenvalue weighted by molar-refractivity contribution is -0.201. The molecule has 6 heteroatoms. The zero-order chi connectivity index (χ0) is 15.7. The van der Waals surface area contributed by atoms with Crippen LogP contribution in [0.3, 0.4) is 0 Å². The van der Waals surface area contributed by atoms with Gasteiger partial charge in [0.05, 0.1) is 30.2 Å². The van der Waals surface area contributed by atoms with Crippen LogP contribution in [-0.2, 0) is 9.63 Å². The summed E-state index contributed by atoms with van der Waals surface area (Å²) in [7, 11) is 0. The molecule has 2 heterocycles. The predicted octanol–water partition coefficient (Wildman–Crippen LogP) is 2.19. The monoisotopic (exact) mass is 302 g/mol. The van der Waals surface area contributed by atoms with Crippen LogP contribution in [0.2, 0.25) is 0 Å². The molecule has 6 nitrogen and oxygen atoms in total. The number of carbonyl (C=O) groups excluding carboxylic acids is 1. The minimum Gasteiger partial charge on any atom is -0.369 e. The predicted molar refractivity (Wildman–Crippen MR) is 85.4 cm³/mol. The van der Waals surface area contributed by atoms with Crippen molar-refractivity contribution in [1.29, 1.82) is 0 Å². The SMILES string of the molecule is CC(C)(C)C(=O)ON1CCN(c2ccc3[nH]ncc3c2)CC1. The van der Waals surface area contributed by atoms with Crippen molar-refractivity contribution in [1.82, 2.24) is 15.3 Å². The van der Waals surface area contributed by atoms with E-state index in [0.717, 1.165) is 24.0 Å². The first kappa shape index (κ1) is 14.8. The Morgan fingerprint density at radius 2 is 1.95 bits per heavy atom. The van der Waals surface area contributed by atoms with Crippen molar-refractivity contribution in [2.24, 2.45) is 5.41 Å². The van der Waals surface area contributed by atoms with Gasteiger partial charge in [-0.1, -0.05) is 0 Å². The summed E-state index contributed by atoms with van der Waals surface area (Å²) in [5, 5.41) is 9.88. The van der Waals surface area contributed by atoms with Crippen LogP contribution in [0.15, 0.2) is 24.4 Å². The van der Waals surface area contributed by atoms with Gasteiger partial charge in [0.1, 0.15) is 0 Å². The Hall–Kier alpha value is -2.08. The summed E-state index contributed by atoms with van der Waals surface area (Å²) in [5.41, 5.74) is 1.75. The normalized spacial score (nSPS) is 17.0. The molecule has 118 valence electrons. The summed E-state index contributed by atoms with van der Waals surface area (Å²) in [6.07, 6.45) is 1.83. The van der Waals surface area contributed by atoms with E-state index >= 15 is 0 Å². The lowest BCUT2D eigenvalue weighted by Crippen LogP contribution is -2.48. The number of hydrogen-bond acceptors (Lipinski definition) is 5. The molecular weight excluding hydrogens is 280 g/mol. The van der Waals surface area contributed by atoms with Gasteiger partial charge in [-0.2, -0.15) is 5.10 Å². The van der Waals surface area contributed by atoms with E-state index < -0.39 is 5.41 Å². The third kappa shape index (κ3) is 3.06. The number of hydrogen-bond donors (Lipinski definition) is 1. The molecule has 0 atom stereocenters. The molecule has 0 unspecified atom stereocenters. The molecular formula is C16H22N4O2. The first-order chi connectivity index (χ1) is 10.4. The first-order valence-corrected chi connectivity index (χ1v) is 7.59. The maximum atomic E-state index is 11.9. The fraction of sp³-hybridized carbons (Fsp3) is 0.500. The van der Waals surface area contributed by atoms with Gasteiger partial charge >= 0.3 is 5.97 Å². The van der Waals surface area contributed by atoms with Crippen molar-refractivity contribution >= 4 is 22.6 Å². The summed E-state index contributed by atoms with van der Waals surface area (Å²) in [5.74, 6) is -0.180. The number of nitrogens with one attached hydrogen (secondary N) is 1. The maximum absolute atomic E-state index is 11.9. The summed E-state index contributed by atoms with van der Waals surface area (Å²) in [6, 6.07) is 6.27. The number of fused-ring (bicyclic) bond motifs is 1. The average Bonchev–Trinajstić information content (AvgIpc) is 2.94. The number of rotatable bonds is 2. The highest BCUT2D eigenvalue weighted by molar-refractivity contribution is 5.82. The summed E-state index contributed by atoms with van der Waals surface area (Å²) < 4.78 is 0. The number of aromatic nitrogens is 2. The topological polar surface area (TPSA) is 61.5 Å². The van der Waals surface area contributed by atoms with Crippen LogP contribution in [-0.4, -0.2) is 47.4 Å². The lowest BCUT2D eigenvalue weighted by atomic mass is 9.98. The van der Waals surface area contributed by atoms with Crippen molar-refractivity contribution in [2.45, 2.75) is 20.8 Å². The average molecular weight is 302 g/mol. The molecule has 1 aliphatic rings. The molecule has 1 saturated heterocycles. The fourth-order valence-electron chi connectivity index (χ4n) is 2.42. The van der Waals surface area contributed by atoms with Gasteiger partial charge in [-0.05, 0) is 39.0 Å². The Kier molecular flexibility index (Phi) is 3.78. The highest BCUT2D eigenvalue weighted by Gasteiger charge is 2.27. The van der Waals surface area contributed by atoms with Gasteiger partial charge in [0.2, 0.25) is 0 Å². The van der Waals surface area contributed by atoms with E-state index in [4.69, 9.17) is 4.84 Å². The number of anilines is 1. The number of H-pyrrole nitrogens is 1. The number of aromatic amines is 1. The number of carbonyl (C=O) groups is 1. The molecule has 22 heavy (non-hydrogen) atoms. The van der Waals surface area contributed by atoms with Gasteiger partial charge in [-0.3, -0.25) is 5.10 Å². The smallest absolute Gasteiger partial charge is 0.330 e. The van der Waals surface area contributed by atoms with Crippen LogP contribution < -0.4 is 4.90 Å². The third-order valence-electron chi connectivity index (χ3n) is 3.85. The van der Waals surface area contributed by atoms with Crippen LogP contribution in [0.4, 0.5) is 5.69 Å².